The molecule has 1 atom stereocenters. The highest BCUT2D eigenvalue weighted by atomic mass is 32.2. The lowest BCUT2D eigenvalue weighted by atomic mass is 9.98. The Morgan fingerprint density at radius 3 is 2.75 bits per heavy atom. The van der Waals surface area contributed by atoms with Gasteiger partial charge in [-0.15, -0.1) is 11.3 Å². The zero-order chi connectivity index (χ0) is 20.3. The van der Waals surface area contributed by atoms with Crippen LogP contribution in [0.2, 0.25) is 0 Å². The second kappa shape index (κ2) is 8.42. The first-order valence-corrected chi connectivity index (χ1v) is 11.2. The Bertz CT molecular complexity index is 970. The molecule has 28 heavy (non-hydrogen) atoms. The van der Waals surface area contributed by atoms with E-state index in [-0.39, 0.29) is 16.7 Å². The van der Waals surface area contributed by atoms with E-state index in [4.69, 9.17) is 4.74 Å². The Labute approximate surface area is 168 Å². The standard InChI is InChI=1S/C19H22N2O5S2/c1-13-7-8-14(19(23)26-2)11-16(13)20-18(22)15-5-3-9-21(12-15)28(24,25)17-6-4-10-27-17/h4,6-8,10-11,15H,3,5,9,12H2,1-2H3,(H,20,22)/t15-/m1/s1. The van der Waals surface area contributed by atoms with Gasteiger partial charge in [0.1, 0.15) is 4.21 Å². The molecular weight excluding hydrogens is 400 g/mol. The number of aryl methyl sites for hydroxylation is 1. The topological polar surface area (TPSA) is 92.8 Å². The van der Waals surface area contributed by atoms with Gasteiger partial charge in [-0.2, -0.15) is 4.31 Å². The van der Waals surface area contributed by atoms with Gasteiger partial charge in [-0.25, -0.2) is 13.2 Å². The number of anilines is 1. The number of carbonyl (C=O) groups excluding carboxylic acids is 2. The minimum absolute atomic E-state index is 0.141. The van der Waals surface area contributed by atoms with E-state index in [1.165, 1.54) is 22.8 Å². The predicted molar refractivity (Wildman–Crippen MR) is 107 cm³/mol. The lowest BCUT2D eigenvalue weighted by molar-refractivity contribution is -0.120. The number of esters is 1. The summed E-state index contributed by atoms with van der Waals surface area (Å²) in [6.45, 7) is 2.37. The second-order valence-corrected chi connectivity index (χ2v) is 9.76. The van der Waals surface area contributed by atoms with Gasteiger partial charge in [0.05, 0.1) is 18.6 Å². The van der Waals surface area contributed by atoms with Gasteiger partial charge in [0.2, 0.25) is 5.91 Å². The van der Waals surface area contributed by atoms with E-state index < -0.39 is 21.9 Å². The van der Waals surface area contributed by atoms with Gasteiger partial charge < -0.3 is 10.1 Å². The number of hydrogen-bond donors (Lipinski definition) is 1. The van der Waals surface area contributed by atoms with Gasteiger partial charge in [-0.1, -0.05) is 12.1 Å². The molecule has 7 nitrogen and oxygen atoms in total. The van der Waals surface area contributed by atoms with Crippen LogP contribution in [0, 0.1) is 12.8 Å². The molecule has 1 aromatic heterocycles. The number of thiophene rings is 1. The molecule has 2 heterocycles. The third-order valence-corrected chi connectivity index (χ3v) is 8.00. The van der Waals surface area contributed by atoms with Crippen molar-refractivity contribution in [3.63, 3.8) is 0 Å². The summed E-state index contributed by atoms with van der Waals surface area (Å²) in [7, 11) is -2.28. The summed E-state index contributed by atoms with van der Waals surface area (Å²) < 4.78 is 31.9. The summed E-state index contributed by atoms with van der Waals surface area (Å²) in [5.41, 5.74) is 1.67. The summed E-state index contributed by atoms with van der Waals surface area (Å²) in [6, 6.07) is 8.21. The van der Waals surface area contributed by atoms with E-state index in [1.54, 1.807) is 35.7 Å². The number of rotatable bonds is 5. The molecule has 2 aromatic rings. The number of carbonyl (C=O) groups is 2. The first kappa shape index (κ1) is 20.5. The molecule has 1 amide bonds. The molecule has 1 fully saturated rings. The number of ether oxygens (including phenoxy) is 1. The van der Waals surface area contributed by atoms with E-state index in [0.717, 1.165) is 5.56 Å². The molecule has 150 valence electrons. The maximum Gasteiger partial charge on any atom is 0.337 e. The second-order valence-electron chi connectivity index (χ2n) is 6.64. The number of sulfonamides is 1. The SMILES string of the molecule is COC(=O)c1ccc(C)c(NC(=O)[C@@H]2CCCN(S(=O)(=O)c3cccs3)C2)c1. The van der Waals surface area contributed by atoms with Crippen LogP contribution in [0.25, 0.3) is 0 Å². The fraction of sp³-hybridized carbons (Fsp3) is 0.368. The van der Waals surface area contributed by atoms with E-state index in [9.17, 15) is 18.0 Å². The van der Waals surface area contributed by atoms with Crippen LogP contribution in [-0.4, -0.2) is 44.8 Å². The van der Waals surface area contributed by atoms with Crippen molar-refractivity contribution in [2.75, 3.05) is 25.5 Å². The normalized spacial score (nSPS) is 17.9. The van der Waals surface area contributed by atoms with E-state index in [0.29, 0.717) is 30.6 Å². The molecule has 3 rings (SSSR count). The molecule has 0 radical (unpaired) electrons. The molecule has 1 aliphatic rings. The lowest BCUT2D eigenvalue weighted by Crippen LogP contribution is -2.43. The number of methoxy groups -OCH3 is 1. The van der Waals surface area contributed by atoms with Crippen LogP contribution in [-0.2, 0) is 19.6 Å². The van der Waals surface area contributed by atoms with Crippen LogP contribution in [0.3, 0.4) is 0 Å². The molecule has 0 bridgehead atoms. The first-order chi connectivity index (χ1) is 13.3. The zero-order valence-electron chi connectivity index (χ0n) is 15.7. The molecule has 1 aromatic carbocycles. The van der Waals surface area contributed by atoms with Gasteiger partial charge in [0.25, 0.3) is 10.0 Å². The molecule has 1 aliphatic heterocycles. The monoisotopic (exact) mass is 422 g/mol. The number of nitrogens with zero attached hydrogens (tertiary/aromatic N) is 1. The highest BCUT2D eigenvalue weighted by molar-refractivity contribution is 7.91. The molecule has 1 saturated heterocycles. The Morgan fingerprint density at radius 1 is 1.29 bits per heavy atom. The maximum atomic E-state index is 12.8. The maximum absolute atomic E-state index is 12.8. The summed E-state index contributed by atoms with van der Waals surface area (Å²) in [5, 5.41) is 4.56. The number of benzene rings is 1. The molecule has 0 aliphatic carbocycles. The van der Waals surface area contributed by atoms with Crippen LogP contribution >= 0.6 is 11.3 Å². The van der Waals surface area contributed by atoms with Gasteiger partial charge in [0, 0.05) is 18.8 Å². The average Bonchev–Trinajstić information content (AvgIpc) is 3.25. The summed E-state index contributed by atoms with van der Waals surface area (Å²) >= 11 is 1.17. The number of piperidine rings is 1. The summed E-state index contributed by atoms with van der Waals surface area (Å²) in [5.74, 6) is -1.19. The van der Waals surface area contributed by atoms with Crippen LogP contribution in [0.15, 0.2) is 39.9 Å². The largest absolute Gasteiger partial charge is 0.465 e. The molecule has 1 N–H and O–H groups in total. The number of hydrogen-bond acceptors (Lipinski definition) is 6. The molecule has 0 saturated carbocycles. The highest BCUT2D eigenvalue weighted by Crippen LogP contribution is 2.27. The third-order valence-electron chi connectivity index (χ3n) is 4.76. The van der Waals surface area contributed by atoms with Crippen molar-refractivity contribution < 1.29 is 22.7 Å². The minimum Gasteiger partial charge on any atom is -0.465 e. The van der Waals surface area contributed by atoms with Crippen molar-refractivity contribution in [2.24, 2.45) is 5.92 Å². The highest BCUT2D eigenvalue weighted by Gasteiger charge is 2.34. The van der Waals surface area contributed by atoms with Gasteiger partial charge in [-0.3, -0.25) is 4.79 Å². The van der Waals surface area contributed by atoms with Crippen molar-refractivity contribution in [2.45, 2.75) is 24.0 Å². The Morgan fingerprint density at radius 2 is 2.07 bits per heavy atom. The Balaban J connectivity index is 1.74. The smallest absolute Gasteiger partial charge is 0.337 e. The average molecular weight is 423 g/mol. The van der Waals surface area contributed by atoms with E-state index >= 15 is 0 Å². The summed E-state index contributed by atoms with van der Waals surface area (Å²) in [6.07, 6.45) is 1.22. The van der Waals surface area contributed by atoms with Crippen molar-refractivity contribution in [3.8, 4) is 0 Å². The fourth-order valence-electron chi connectivity index (χ4n) is 3.15. The van der Waals surface area contributed by atoms with Crippen molar-refractivity contribution >= 4 is 38.9 Å². The van der Waals surface area contributed by atoms with Crippen LogP contribution in [0.4, 0.5) is 5.69 Å². The van der Waals surface area contributed by atoms with Crippen LogP contribution in [0.5, 0.6) is 0 Å². The van der Waals surface area contributed by atoms with Crippen molar-refractivity contribution in [1.29, 1.82) is 0 Å². The number of nitrogens with one attached hydrogen (secondary N) is 1. The Kier molecular flexibility index (Phi) is 6.17. The molecule has 0 unspecified atom stereocenters. The van der Waals surface area contributed by atoms with Crippen molar-refractivity contribution in [3.05, 3.63) is 46.8 Å². The first-order valence-electron chi connectivity index (χ1n) is 8.86. The molecule has 0 spiro atoms. The van der Waals surface area contributed by atoms with Crippen LogP contribution in [0.1, 0.15) is 28.8 Å². The predicted octanol–water partition coefficient (Wildman–Crippen LogP) is 2.88. The van der Waals surface area contributed by atoms with Gasteiger partial charge in [0.15, 0.2) is 0 Å². The molecule has 9 heteroatoms. The fourth-order valence-corrected chi connectivity index (χ4v) is 5.82. The van der Waals surface area contributed by atoms with E-state index in [1.807, 2.05) is 6.92 Å². The van der Waals surface area contributed by atoms with Gasteiger partial charge in [-0.05, 0) is 48.9 Å². The van der Waals surface area contributed by atoms with Crippen LogP contribution < -0.4 is 5.32 Å². The van der Waals surface area contributed by atoms with E-state index in [2.05, 4.69) is 5.32 Å². The molecular formula is C19H22N2O5S2. The summed E-state index contributed by atoms with van der Waals surface area (Å²) in [4.78, 5) is 24.5. The lowest BCUT2D eigenvalue weighted by Gasteiger charge is -2.31. The minimum atomic E-state index is -3.58. The Hall–Kier alpha value is -2.23. The van der Waals surface area contributed by atoms with Gasteiger partial charge >= 0.3 is 5.97 Å². The third kappa shape index (κ3) is 4.26. The van der Waals surface area contributed by atoms with Crippen molar-refractivity contribution in [1.82, 2.24) is 4.31 Å². The zero-order valence-corrected chi connectivity index (χ0v) is 17.3. The number of amides is 1. The quantitative estimate of drug-likeness (QED) is 0.748.